The van der Waals surface area contributed by atoms with Crippen LogP contribution in [0.5, 0.6) is 0 Å². The lowest BCUT2D eigenvalue weighted by Gasteiger charge is -2.20. The van der Waals surface area contributed by atoms with Crippen LogP contribution in [0.4, 0.5) is 0 Å². The first kappa shape index (κ1) is 15.1. The Labute approximate surface area is 129 Å². The summed E-state index contributed by atoms with van der Waals surface area (Å²) in [6.07, 6.45) is 5.64. The summed E-state index contributed by atoms with van der Waals surface area (Å²) in [4.78, 5) is 2.59. The minimum atomic E-state index is 0.619. The molecule has 1 unspecified atom stereocenters. The van der Waals surface area contributed by atoms with Crippen molar-refractivity contribution in [2.24, 2.45) is 5.92 Å². The number of hydrogen-bond acceptors (Lipinski definition) is 2. The Morgan fingerprint density at radius 1 is 1.14 bits per heavy atom. The summed E-state index contributed by atoms with van der Waals surface area (Å²) in [5, 5.41) is 3.63. The molecule has 0 spiro atoms. The van der Waals surface area contributed by atoms with Gasteiger partial charge in [-0.25, -0.2) is 0 Å². The molecule has 2 saturated carbocycles. The molecule has 1 N–H and O–H groups in total. The minimum Gasteiger partial charge on any atom is -0.313 e. The third kappa shape index (κ3) is 4.82. The van der Waals surface area contributed by atoms with E-state index in [0.29, 0.717) is 5.92 Å². The van der Waals surface area contributed by atoms with Crippen LogP contribution in [0.3, 0.4) is 0 Å². The van der Waals surface area contributed by atoms with E-state index < -0.39 is 0 Å². The Kier molecular flexibility index (Phi) is 4.97. The molecule has 3 rings (SSSR count). The smallest absolute Gasteiger partial charge is 0.0233 e. The molecule has 1 aromatic carbocycles. The van der Waals surface area contributed by atoms with E-state index in [1.54, 1.807) is 0 Å². The SMILES string of the molecule is CCN(Cc1ccc(C(C)CNC2CC2)cc1)CC1CC1. The van der Waals surface area contributed by atoms with Crippen LogP contribution < -0.4 is 5.32 Å². The van der Waals surface area contributed by atoms with E-state index in [1.807, 2.05) is 0 Å². The van der Waals surface area contributed by atoms with Crippen LogP contribution in [0.15, 0.2) is 24.3 Å². The normalized spacial score (nSPS) is 20.0. The van der Waals surface area contributed by atoms with Crippen molar-refractivity contribution < 1.29 is 0 Å². The molecule has 1 aromatic rings. The van der Waals surface area contributed by atoms with Crippen LogP contribution in [0.1, 0.15) is 56.6 Å². The fourth-order valence-corrected chi connectivity index (χ4v) is 2.93. The third-order valence-electron chi connectivity index (χ3n) is 4.91. The highest BCUT2D eigenvalue weighted by Gasteiger charge is 2.23. The molecule has 2 aliphatic carbocycles. The quantitative estimate of drug-likeness (QED) is 0.743. The van der Waals surface area contributed by atoms with Crippen molar-refractivity contribution in [3.8, 4) is 0 Å². The van der Waals surface area contributed by atoms with E-state index in [9.17, 15) is 0 Å². The molecule has 1 atom stereocenters. The van der Waals surface area contributed by atoms with E-state index in [0.717, 1.165) is 25.0 Å². The van der Waals surface area contributed by atoms with Gasteiger partial charge < -0.3 is 5.32 Å². The van der Waals surface area contributed by atoms with Gasteiger partial charge in [-0.3, -0.25) is 4.90 Å². The molecule has 2 aliphatic rings. The summed E-state index contributed by atoms with van der Waals surface area (Å²) in [7, 11) is 0. The highest BCUT2D eigenvalue weighted by Crippen LogP contribution is 2.30. The fraction of sp³-hybridized carbons (Fsp3) is 0.684. The van der Waals surface area contributed by atoms with Gasteiger partial charge in [0.2, 0.25) is 0 Å². The highest BCUT2D eigenvalue weighted by molar-refractivity contribution is 5.25. The zero-order valence-corrected chi connectivity index (χ0v) is 13.6. The van der Waals surface area contributed by atoms with Crippen LogP contribution in [-0.4, -0.2) is 30.6 Å². The van der Waals surface area contributed by atoms with Gasteiger partial charge in [0.05, 0.1) is 0 Å². The van der Waals surface area contributed by atoms with Gasteiger partial charge in [-0.2, -0.15) is 0 Å². The van der Waals surface area contributed by atoms with Crippen molar-refractivity contribution in [1.82, 2.24) is 10.2 Å². The summed E-state index contributed by atoms with van der Waals surface area (Å²) in [5.41, 5.74) is 2.93. The number of nitrogens with one attached hydrogen (secondary N) is 1. The number of benzene rings is 1. The monoisotopic (exact) mass is 286 g/mol. The molecule has 2 nitrogen and oxygen atoms in total. The lowest BCUT2D eigenvalue weighted by atomic mass is 9.99. The standard InChI is InChI=1S/C19H30N2/c1-3-21(13-16-4-5-16)14-17-6-8-18(9-7-17)15(2)12-20-19-10-11-19/h6-9,15-16,19-20H,3-5,10-14H2,1-2H3. The second kappa shape index (κ2) is 6.93. The zero-order valence-electron chi connectivity index (χ0n) is 13.6. The third-order valence-corrected chi connectivity index (χ3v) is 4.91. The van der Waals surface area contributed by atoms with Gasteiger partial charge in [0, 0.05) is 25.7 Å². The molecule has 0 aromatic heterocycles. The fourth-order valence-electron chi connectivity index (χ4n) is 2.93. The Morgan fingerprint density at radius 3 is 2.43 bits per heavy atom. The molecule has 0 bridgehead atoms. The molecule has 116 valence electrons. The van der Waals surface area contributed by atoms with Crippen LogP contribution >= 0.6 is 0 Å². The Bertz CT molecular complexity index is 431. The van der Waals surface area contributed by atoms with Gasteiger partial charge in [0.25, 0.3) is 0 Å². The van der Waals surface area contributed by atoms with Crippen molar-refractivity contribution in [3.63, 3.8) is 0 Å². The summed E-state index contributed by atoms with van der Waals surface area (Å²) >= 11 is 0. The van der Waals surface area contributed by atoms with Crippen molar-refractivity contribution in [1.29, 1.82) is 0 Å². The van der Waals surface area contributed by atoms with Crippen molar-refractivity contribution in [2.45, 2.75) is 58.0 Å². The molecule has 0 radical (unpaired) electrons. The maximum absolute atomic E-state index is 3.63. The first-order valence-corrected chi connectivity index (χ1v) is 8.79. The van der Waals surface area contributed by atoms with E-state index in [-0.39, 0.29) is 0 Å². The average molecular weight is 286 g/mol. The first-order valence-electron chi connectivity index (χ1n) is 8.79. The molecule has 0 saturated heterocycles. The number of rotatable bonds is 9. The number of nitrogens with zero attached hydrogens (tertiary/aromatic N) is 1. The van der Waals surface area contributed by atoms with E-state index in [2.05, 4.69) is 48.3 Å². The van der Waals surface area contributed by atoms with Crippen molar-refractivity contribution >= 4 is 0 Å². The predicted octanol–water partition coefficient (Wildman–Crippen LogP) is 3.77. The van der Waals surface area contributed by atoms with Gasteiger partial charge in [-0.15, -0.1) is 0 Å². The molecular weight excluding hydrogens is 256 g/mol. The molecular formula is C19H30N2. The molecule has 0 heterocycles. The highest BCUT2D eigenvalue weighted by atomic mass is 15.1. The summed E-state index contributed by atoms with van der Waals surface area (Å²) < 4.78 is 0. The number of hydrogen-bond donors (Lipinski definition) is 1. The van der Waals surface area contributed by atoms with Gasteiger partial charge in [0.15, 0.2) is 0 Å². The van der Waals surface area contributed by atoms with E-state index >= 15 is 0 Å². The summed E-state index contributed by atoms with van der Waals surface area (Å²) in [5.74, 6) is 1.60. The van der Waals surface area contributed by atoms with Gasteiger partial charge in [0.1, 0.15) is 0 Å². The summed E-state index contributed by atoms with van der Waals surface area (Å²) in [6, 6.07) is 10.1. The van der Waals surface area contributed by atoms with Crippen LogP contribution in [0.25, 0.3) is 0 Å². The topological polar surface area (TPSA) is 15.3 Å². The summed E-state index contributed by atoms with van der Waals surface area (Å²) in [6.45, 7) is 9.30. The molecule has 2 fully saturated rings. The zero-order chi connectivity index (χ0) is 14.7. The van der Waals surface area contributed by atoms with Gasteiger partial charge >= 0.3 is 0 Å². The average Bonchev–Trinajstić information content (AvgIpc) is 3.39. The lowest BCUT2D eigenvalue weighted by Crippen LogP contribution is -2.25. The minimum absolute atomic E-state index is 0.619. The van der Waals surface area contributed by atoms with Gasteiger partial charge in [-0.05, 0) is 55.2 Å². The van der Waals surface area contributed by atoms with Crippen LogP contribution in [0.2, 0.25) is 0 Å². The van der Waals surface area contributed by atoms with Gasteiger partial charge in [-0.1, -0.05) is 38.1 Å². The first-order chi connectivity index (χ1) is 10.2. The van der Waals surface area contributed by atoms with Crippen LogP contribution in [0, 0.1) is 5.92 Å². The van der Waals surface area contributed by atoms with Crippen molar-refractivity contribution in [2.75, 3.05) is 19.6 Å². The van der Waals surface area contributed by atoms with E-state index in [4.69, 9.17) is 0 Å². The Morgan fingerprint density at radius 2 is 1.86 bits per heavy atom. The predicted molar refractivity (Wildman–Crippen MR) is 89.6 cm³/mol. The molecule has 21 heavy (non-hydrogen) atoms. The maximum Gasteiger partial charge on any atom is 0.0233 e. The molecule has 2 heteroatoms. The second-order valence-corrected chi connectivity index (χ2v) is 7.10. The second-order valence-electron chi connectivity index (χ2n) is 7.10. The molecule has 0 amide bonds. The Hall–Kier alpha value is -0.860. The lowest BCUT2D eigenvalue weighted by molar-refractivity contribution is 0.268. The largest absolute Gasteiger partial charge is 0.313 e. The maximum atomic E-state index is 3.63. The Balaban J connectivity index is 1.49. The van der Waals surface area contributed by atoms with Crippen LogP contribution in [-0.2, 0) is 6.54 Å². The van der Waals surface area contributed by atoms with Crippen molar-refractivity contribution in [3.05, 3.63) is 35.4 Å². The molecule has 0 aliphatic heterocycles. The van der Waals surface area contributed by atoms with E-state index in [1.165, 1.54) is 49.9 Å².